The molecule has 162 valence electrons. The van der Waals surface area contributed by atoms with Gasteiger partial charge in [0.25, 0.3) is 5.56 Å². The molecule has 0 aliphatic rings. The fourth-order valence-corrected chi connectivity index (χ4v) is 3.56. The van der Waals surface area contributed by atoms with Crippen molar-refractivity contribution in [1.82, 2.24) is 9.78 Å². The van der Waals surface area contributed by atoms with Crippen LogP contribution in [-0.2, 0) is 4.74 Å². The molecule has 0 unspecified atom stereocenters. The number of aryl methyl sites for hydroxylation is 2. The van der Waals surface area contributed by atoms with E-state index in [2.05, 4.69) is 11.7 Å². The third-order valence-corrected chi connectivity index (χ3v) is 5.65. The van der Waals surface area contributed by atoms with Crippen LogP contribution < -0.4 is 16.1 Å². The number of carbonyl (C=O) groups is 1. The van der Waals surface area contributed by atoms with E-state index < -0.39 is 5.97 Å². The van der Waals surface area contributed by atoms with E-state index >= 15 is 0 Å². The molecule has 0 spiro atoms. The van der Waals surface area contributed by atoms with Crippen molar-refractivity contribution in [3.05, 3.63) is 96.9 Å². The maximum atomic E-state index is 13.0. The Balaban J connectivity index is 1.74. The fraction of sp³-hybridized carbons (Fsp3) is 0.120. The van der Waals surface area contributed by atoms with Crippen molar-refractivity contribution in [3.63, 3.8) is 0 Å². The molecule has 1 N–H and O–H groups in total. The van der Waals surface area contributed by atoms with Crippen LogP contribution in [0.5, 0.6) is 0 Å². The Hall–Kier alpha value is -3.77. The van der Waals surface area contributed by atoms with Crippen molar-refractivity contribution in [2.45, 2.75) is 13.8 Å². The number of methoxy groups -OCH3 is 1. The molecule has 7 heteroatoms. The first kappa shape index (κ1) is 21.5. The van der Waals surface area contributed by atoms with Crippen LogP contribution in [0.1, 0.15) is 27.2 Å². The number of aromatic amines is 1. The number of hydrogen-bond donors (Lipinski definition) is 1. The Morgan fingerprint density at radius 1 is 1.12 bits per heavy atom. The van der Waals surface area contributed by atoms with Crippen LogP contribution in [0.4, 0.5) is 0 Å². The lowest BCUT2D eigenvalue weighted by atomic mass is 10.1. The van der Waals surface area contributed by atoms with Gasteiger partial charge in [0.15, 0.2) is 0 Å². The van der Waals surface area contributed by atoms with Gasteiger partial charge in [0, 0.05) is 5.56 Å². The SMILES string of the molecule is C=c1[nH]n(-c2ccc(C)c(C)c2)c(=O)/c1=C/c1ccc(-c2ccc(Cl)c(C(=O)OC)c2)o1. The summed E-state index contributed by atoms with van der Waals surface area (Å²) in [5.41, 5.74) is 3.65. The Kier molecular flexibility index (Phi) is 5.63. The number of carbonyl (C=O) groups excluding carboxylic acids is 1. The van der Waals surface area contributed by atoms with Gasteiger partial charge >= 0.3 is 5.97 Å². The molecule has 0 saturated carbocycles. The highest BCUT2D eigenvalue weighted by atomic mass is 35.5. The minimum absolute atomic E-state index is 0.226. The number of nitrogens with zero attached hydrogens (tertiary/aromatic N) is 1. The number of benzene rings is 2. The summed E-state index contributed by atoms with van der Waals surface area (Å²) in [6.45, 7) is 7.98. The van der Waals surface area contributed by atoms with Crippen LogP contribution in [0, 0.1) is 13.8 Å². The van der Waals surface area contributed by atoms with Gasteiger partial charge in [-0.15, -0.1) is 0 Å². The Morgan fingerprint density at radius 3 is 2.62 bits per heavy atom. The molecule has 0 radical (unpaired) electrons. The predicted molar refractivity (Wildman–Crippen MR) is 125 cm³/mol. The van der Waals surface area contributed by atoms with Crippen molar-refractivity contribution < 1.29 is 13.9 Å². The van der Waals surface area contributed by atoms with Gasteiger partial charge in [-0.2, -0.15) is 0 Å². The first-order valence-electron chi connectivity index (χ1n) is 9.86. The number of hydrogen-bond acceptors (Lipinski definition) is 4. The molecule has 6 nitrogen and oxygen atoms in total. The maximum Gasteiger partial charge on any atom is 0.339 e. The average molecular weight is 449 g/mol. The zero-order chi connectivity index (χ0) is 23.0. The molecule has 0 bridgehead atoms. The Morgan fingerprint density at radius 2 is 1.91 bits per heavy atom. The summed E-state index contributed by atoms with van der Waals surface area (Å²) in [5, 5.41) is 4.19. The average Bonchev–Trinajstić information content (AvgIpc) is 3.36. The molecular weight excluding hydrogens is 428 g/mol. The van der Waals surface area contributed by atoms with E-state index in [1.807, 2.05) is 32.0 Å². The smallest absolute Gasteiger partial charge is 0.339 e. The summed E-state index contributed by atoms with van der Waals surface area (Å²) < 4.78 is 12.1. The molecule has 0 aliphatic carbocycles. The highest BCUT2D eigenvalue weighted by Crippen LogP contribution is 2.27. The summed E-state index contributed by atoms with van der Waals surface area (Å²) in [7, 11) is 1.29. The highest BCUT2D eigenvalue weighted by Gasteiger charge is 2.14. The van der Waals surface area contributed by atoms with Gasteiger partial charge in [-0.25, -0.2) is 9.48 Å². The van der Waals surface area contributed by atoms with Crippen molar-refractivity contribution in [2.75, 3.05) is 7.11 Å². The lowest BCUT2D eigenvalue weighted by molar-refractivity contribution is 0.0601. The summed E-state index contributed by atoms with van der Waals surface area (Å²) in [6, 6.07) is 14.3. The van der Waals surface area contributed by atoms with Crippen molar-refractivity contribution in [3.8, 4) is 17.0 Å². The van der Waals surface area contributed by atoms with Gasteiger partial charge < -0.3 is 9.15 Å². The Labute approximate surface area is 189 Å². The third-order valence-electron chi connectivity index (χ3n) is 5.32. The van der Waals surface area contributed by atoms with E-state index in [1.165, 1.54) is 11.8 Å². The van der Waals surface area contributed by atoms with Crippen LogP contribution in [-0.4, -0.2) is 22.9 Å². The van der Waals surface area contributed by atoms with E-state index in [1.54, 1.807) is 36.4 Å². The van der Waals surface area contributed by atoms with Crippen molar-refractivity contribution in [2.24, 2.45) is 0 Å². The molecular formula is C25H21ClN2O4. The first-order valence-corrected chi connectivity index (χ1v) is 10.2. The standard InChI is InChI=1S/C25H21ClN2O4/c1-14-5-7-18(11-15(14)2)28-24(29)20(16(3)27-28)13-19-8-10-23(32-19)17-6-9-22(26)21(12-17)25(30)31-4/h5-13,27H,3H2,1-2,4H3/b20-13+. The predicted octanol–water partition coefficient (Wildman–Crippen LogP) is 3.72. The highest BCUT2D eigenvalue weighted by molar-refractivity contribution is 6.33. The van der Waals surface area contributed by atoms with Crippen molar-refractivity contribution in [1.29, 1.82) is 0 Å². The second-order valence-corrected chi connectivity index (χ2v) is 7.85. The molecule has 4 rings (SSSR count). The number of esters is 1. The van der Waals surface area contributed by atoms with Gasteiger partial charge in [-0.3, -0.25) is 9.89 Å². The minimum atomic E-state index is -0.531. The second kappa shape index (κ2) is 8.40. The van der Waals surface area contributed by atoms with Crippen LogP contribution in [0.3, 0.4) is 0 Å². The summed E-state index contributed by atoms with van der Waals surface area (Å²) in [4.78, 5) is 24.9. The van der Waals surface area contributed by atoms with Crippen molar-refractivity contribution >= 4 is 30.2 Å². The zero-order valence-electron chi connectivity index (χ0n) is 17.9. The number of furan rings is 1. The molecule has 2 aromatic heterocycles. The molecule has 0 aliphatic heterocycles. The normalized spacial score (nSPS) is 11.7. The number of aromatic nitrogens is 2. The largest absolute Gasteiger partial charge is 0.465 e. The van der Waals surface area contributed by atoms with Gasteiger partial charge in [0.1, 0.15) is 11.5 Å². The monoisotopic (exact) mass is 448 g/mol. The van der Waals surface area contributed by atoms with E-state index in [-0.39, 0.29) is 11.1 Å². The molecule has 32 heavy (non-hydrogen) atoms. The minimum Gasteiger partial charge on any atom is -0.465 e. The number of H-pyrrole nitrogens is 1. The van der Waals surface area contributed by atoms with Crippen LogP contribution in [0.15, 0.2) is 57.7 Å². The van der Waals surface area contributed by atoms with Gasteiger partial charge in [0.2, 0.25) is 0 Å². The molecule has 2 heterocycles. The quantitative estimate of drug-likeness (QED) is 0.483. The third kappa shape index (κ3) is 3.92. The number of nitrogens with one attached hydrogen (secondary N) is 1. The lowest BCUT2D eigenvalue weighted by Crippen LogP contribution is -2.33. The maximum absolute atomic E-state index is 13.0. The number of halogens is 1. The molecule has 4 aromatic rings. The van der Waals surface area contributed by atoms with Crippen LogP contribution in [0.25, 0.3) is 29.7 Å². The number of rotatable bonds is 4. The summed E-state index contributed by atoms with van der Waals surface area (Å²) >= 11 is 6.09. The molecule has 2 aromatic carbocycles. The molecule has 0 atom stereocenters. The lowest BCUT2D eigenvalue weighted by Gasteiger charge is -2.04. The van der Waals surface area contributed by atoms with E-state index in [0.29, 0.717) is 32.7 Å². The summed E-state index contributed by atoms with van der Waals surface area (Å²) in [5.74, 6) is 0.465. The van der Waals surface area contributed by atoms with E-state index in [0.717, 1.165) is 16.8 Å². The van der Waals surface area contributed by atoms with E-state index in [9.17, 15) is 9.59 Å². The molecule has 0 saturated heterocycles. The van der Waals surface area contributed by atoms with Gasteiger partial charge in [-0.05, 0) is 73.5 Å². The van der Waals surface area contributed by atoms with Gasteiger partial charge in [0.05, 0.1) is 34.0 Å². The Bertz CT molecular complexity index is 1510. The molecule has 0 fully saturated rings. The van der Waals surface area contributed by atoms with Crippen LogP contribution >= 0.6 is 11.6 Å². The zero-order valence-corrected chi connectivity index (χ0v) is 18.6. The molecule has 0 amide bonds. The first-order chi connectivity index (χ1) is 15.3. The fourth-order valence-electron chi connectivity index (χ4n) is 3.36. The second-order valence-electron chi connectivity index (χ2n) is 7.45. The number of ether oxygens (including phenoxy) is 1. The van der Waals surface area contributed by atoms with E-state index in [4.69, 9.17) is 20.8 Å². The summed E-state index contributed by atoms with van der Waals surface area (Å²) in [6.07, 6.45) is 1.64. The topological polar surface area (TPSA) is 77.2 Å². The van der Waals surface area contributed by atoms with Crippen LogP contribution in [0.2, 0.25) is 5.02 Å². The van der Waals surface area contributed by atoms with Gasteiger partial charge in [-0.1, -0.05) is 24.2 Å².